The van der Waals surface area contributed by atoms with E-state index in [0.29, 0.717) is 6.54 Å². The molecule has 106 valence electrons. The first-order chi connectivity index (χ1) is 9.34. The van der Waals surface area contributed by atoms with Gasteiger partial charge in [0.15, 0.2) is 0 Å². The standard InChI is InChI=1S/C15H19BrN4/c1-10-6-5-7-11(18-10)9-17-13-8-12(16)19-14(20-13)15(2,3)4/h5-8H,9H2,1-4H3,(H,17,19,20). The van der Waals surface area contributed by atoms with Crippen molar-refractivity contribution in [1.29, 1.82) is 0 Å². The molecule has 5 heteroatoms. The number of anilines is 1. The zero-order valence-electron chi connectivity index (χ0n) is 12.2. The summed E-state index contributed by atoms with van der Waals surface area (Å²) in [6.45, 7) is 8.93. The Bertz CT molecular complexity index is 605. The lowest BCUT2D eigenvalue weighted by atomic mass is 9.96. The topological polar surface area (TPSA) is 50.7 Å². The van der Waals surface area contributed by atoms with Crippen molar-refractivity contribution in [2.45, 2.75) is 39.7 Å². The fourth-order valence-corrected chi connectivity index (χ4v) is 2.11. The second-order valence-electron chi connectivity index (χ2n) is 5.77. The van der Waals surface area contributed by atoms with Crippen LogP contribution in [0.15, 0.2) is 28.9 Å². The summed E-state index contributed by atoms with van der Waals surface area (Å²) in [7, 11) is 0. The lowest BCUT2D eigenvalue weighted by Crippen LogP contribution is -2.17. The van der Waals surface area contributed by atoms with Crippen LogP contribution in [0, 0.1) is 6.92 Å². The van der Waals surface area contributed by atoms with Gasteiger partial charge in [0.05, 0.1) is 12.2 Å². The first-order valence-electron chi connectivity index (χ1n) is 6.56. The van der Waals surface area contributed by atoms with Crippen LogP contribution in [0.1, 0.15) is 38.0 Å². The molecule has 0 aliphatic carbocycles. The molecule has 0 unspecified atom stereocenters. The van der Waals surface area contributed by atoms with Gasteiger partial charge in [-0.1, -0.05) is 26.8 Å². The molecule has 0 aromatic carbocycles. The zero-order chi connectivity index (χ0) is 14.8. The molecule has 0 atom stereocenters. The summed E-state index contributed by atoms with van der Waals surface area (Å²) >= 11 is 3.44. The maximum Gasteiger partial charge on any atom is 0.137 e. The highest BCUT2D eigenvalue weighted by Crippen LogP contribution is 2.22. The van der Waals surface area contributed by atoms with Gasteiger partial charge in [0.25, 0.3) is 0 Å². The third-order valence-corrected chi connectivity index (χ3v) is 3.17. The molecule has 0 saturated carbocycles. The van der Waals surface area contributed by atoms with Crippen molar-refractivity contribution in [2.75, 3.05) is 5.32 Å². The molecule has 0 saturated heterocycles. The molecular weight excluding hydrogens is 316 g/mol. The van der Waals surface area contributed by atoms with Gasteiger partial charge in [0, 0.05) is 17.2 Å². The smallest absolute Gasteiger partial charge is 0.137 e. The second-order valence-corrected chi connectivity index (χ2v) is 6.59. The van der Waals surface area contributed by atoms with E-state index in [1.807, 2.05) is 31.2 Å². The van der Waals surface area contributed by atoms with Crippen molar-refractivity contribution in [3.63, 3.8) is 0 Å². The summed E-state index contributed by atoms with van der Waals surface area (Å²) in [6.07, 6.45) is 0. The Kier molecular flexibility index (Phi) is 4.38. The summed E-state index contributed by atoms with van der Waals surface area (Å²) in [5, 5.41) is 3.30. The Morgan fingerprint density at radius 3 is 2.55 bits per heavy atom. The van der Waals surface area contributed by atoms with Crippen molar-refractivity contribution in [3.05, 3.63) is 46.1 Å². The van der Waals surface area contributed by atoms with Gasteiger partial charge >= 0.3 is 0 Å². The van der Waals surface area contributed by atoms with Crippen LogP contribution < -0.4 is 5.32 Å². The molecule has 0 spiro atoms. The predicted molar refractivity (Wildman–Crippen MR) is 84.7 cm³/mol. The molecule has 2 rings (SSSR count). The van der Waals surface area contributed by atoms with Gasteiger partial charge in [-0.25, -0.2) is 9.97 Å². The van der Waals surface area contributed by atoms with E-state index >= 15 is 0 Å². The minimum absolute atomic E-state index is 0.0816. The number of hydrogen-bond donors (Lipinski definition) is 1. The van der Waals surface area contributed by atoms with E-state index in [-0.39, 0.29) is 5.41 Å². The molecule has 20 heavy (non-hydrogen) atoms. The van der Waals surface area contributed by atoms with E-state index in [4.69, 9.17) is 0 Å². The number of nitrogens with zero attached hydrogens (tertiary/aromatic N) is 3. The Morgan fingerprint density at radius 2 is 1.90 bits per heavy atom. The molecule has 4 nitrogen and oxygen atoms in total. The van der Waals surface area contributed by atoms with E-state index in [9.17, 15) is 0 Å². The van der Waals surface area contributed by atoms with Crippen LogP contribution in [0.25, 0.3) is 0 Å². The van der Waals surface area contributed by atoms with Crippen molar-refractivity contribution >= 4 is 21.7 Å². The van der Waals surface area contributed by atoms with Gasteiger partial charge in [0.1, 0.15) is 16.2 Å². The van der Waals surface area contributed by atoms with Crippen LogP contribution in [-0.4, -0.2) is 15.0 Å². The van der Waals surface area contributed by atoms with E-state index in [1.165, 1.54) is 0 Å². The lowest BCUT2D eigenvalue weighted by molar-refractivity contribution is 0.544. The summed E-state index contributed by atoms with van der Waals surface area (Å²) in [5.74, 6) is 1.62. The number of pyridine rings is 1. The molecule has 0 bridgehead atoms. The molecule has 2 aromatic heterocycles. The number of nitrogens with one attached hydrogen (secondary N) is 1. The molecule has 0 radical (unpaired) electrons. The third-order valence-electron chi connectivity index (χ3n) is 2.76. The van der Waals surface area contributed by atoms with Crippen molar-refractivity contribution in [2.24, 2.45) is 0 Å². The third kappa shape index (κ3) is 4.00. The maximum absolute atomic E-state index is 4.56. The van der Waals surface area contributed by atoms with Crippen molar-refractivity contribution < 1.29 is 0 Å². The number of rotatable bonds is 3. The first-order valence-corrected chi connectivity index (χ1v) is 7.35. The van der Waals surface area contributed by atoms with Gasteiger partial charge in [-0.05, 0) is 35.0 Å². The Labute approximate surface area is 128 Å². The number of hydrogen-bond acceptors (Lipinski definition) is 4. The average Bonchev–Trinajstić information content (AvgIpc) is 2.35. The lowest BCUT2D eigenvalue weighted by Gasteiger charge is -2.18. The SMILES string of the molecule is Cc1cccc(CNc2cc(Br)nc(C(C)(C)C)n2)n1. The van der Waals surface area contributed by atoms with E-state index < -0.39 is 0 Å². The molecule has 0 amide bonds. The summed E-state index contributed by atoms with van der Waals surface area (Å²) in [6, 6.07) is 7.88. The van der Waals surface area contributed by atoms with Crippen LogP contribution in [0.2, 0.25) is 0 Å². The Hall–Kier alpha value is -1.49. The molecule has 2 aromatic rings. The van der Waals surface area contributed by atoms with Gasteiger partial charge in [-0.15, -0.1) is 0 Å². The molecule has 2 heterocycles. The van der Waals surface area contributed by atoms with Crippen molar-refractivity contribution in [3.8, 4) is 0 Å². The number of aryl methyl sites for hydroxylation is 1. The average molecular weight is 335 g/mol. The quantitative estimate of drug-likeness (QED) is 0.866. The van der Waals surface area contributed by atoms with Crippen LogP contribution in [0.3, 0.4) is 0 Å². The fourth-order valence-electron chi connectivity index (χ4n) is 1.72. The fraction of sp³-hybridized carbons (Fsp3) is 0.400. The van der Waals surface area contributed by atoms with Crippen molar-refractivity contribution in [1.82, 2.24) is 15.0 Å². The highest BCUT2D eigenvalue weighted by atomic mass is 79.9. The largest absolute Gasteiger partial charge is 0.364 e. The minimum Gasteiger partial charge on any atom is -0.364 e. The number of aromatic nitrogens is 3. The number of halogens is 1. The monoisotopic (exact) mass is 334 g/mol. The van der Waals surface area contributed by atoms with Crippen LogP contribution >= 0.6 is 15.9 Å². The molecule has 0 fully saturated rings. The Morgan fingerprint density at radius 1 is 1.15 bits per heavy atom. The zero-order valence-corrected chi connectivity index (χ0v) is 13.8. The highest BCUT2D eigenvalue weighted by Gasteiger charge is 2.18. The maximum atomic E-state index is 4.56. The molecular formula is C15H19BrN4. The van der Waals surface area contributed by atoms with E-state index in [0.717, 1.165) is 27.6 Å². The van der Waals surface area contributed by atoms with Gasteiger partial charge in [-0.2, -0.15) is 0 Å². The summed E-state index contributed by atoms with van der Waals surface area (Å²) in [4.78, 5) is 13.5. The second kappa shape index (κ2) is 5.87. The minimum atomic E-state index is -0.0816. The normalized spacial score (nSPS) is 11.4. The predicted octanol–water partition coefficient (Wildman–Crippen LogP) is 3.85. The molecule has 0 aliphatic heterocycles. The molecule has 0 aliphatic rings. The summed E-state index contributed by atoms with van der Waals surface area (Å²) in [5.41, 5.74) is 1.93. The van der Waals surface area contributed by atoms with E-state index in [2.05, 4.69) is 57.0 Å². The van der Waals surface area contributed by atoms with Crippen LogP contribution in [-0.2, 0) is 12.0 Å². The van der Waals surface area contributed by atoms with Gasteiger partial charge in [-0.3, -0.25) is 4.98 Å². The van der Waals surface area contributed by atoms with Crippen LogP contribution in [0.4, 0.5) is 5.82 Å². The first kappa shape index (κ1) is 14.9. The van der Waals surface area contributed by atoms with Crippen LogP contribution in [0.5, 0.6) is 0 Å². The highest BCUT2D eigenvalue weighted by molar-refractivity contribution is 9.10. The summed E-state index contributed by atoms with van der Waals surface area (Å²) < 4.78 is 0.789. The molecule has 1 N–H and O–H groups in total. The van der Waals surface area contributed by atoms with Gasteiger partial charge in [0.2, 0.25) is 0 Å². The Balaban J connectivity index is 2.16. The van der Waals surface area contributed by atoms with E-state index in [1.54, 1.807) is 0 Å². The van der Waals surface area contributed by atoms with Gasteiger partial charge < -0.3 is 5.32 Å².